The van der Waals surface area contributed by atoms with Gasteiger partial charge in [-0.2, -0.15) is 0 Å². The molecule has 0 saturated carbocycles. The average molecular weight is 315 g/mol. The van der Waals surface area contributed by atoms with Crippen LogP contribution in [0.5, 0.6) is 17.2 Å². The van der Waals surface area contributed by atoms with Gasteiger partial charge in [0.25, 0.3) is 0 Å². The normalized spacial score (nSPS) is 11.8. The quantitative estimate of drug-likeness (QED) is 0.810. The molecule has 1 N–H and O–H groups in total. The second kappa shape index (κ2) is 8.44. The molecule has 4 heteroatoms. The van der Waals surface area contributed by atoms with E-state index in [0.29, 0.717) is 6.04 Å². The zero-order chi connectivity index (χ0) is 16.7. The molecule has 2 rings (SSSR count). The van der Waals surface area contributed by atoms with Crippen LogP contribution >= 0.6 is 0 Å². The highest BCUT2D eigenvalue weighted by molar-refractivity contribution is 5.43. The molecule has 0 aliphatic rings. The molecule has 0 aromatic heterocycles. The number of para-hydroxylation sites is 1. The van der Waals surface area contributed by atoms with E-state index in [2.05, 4.69) is 24.4 Å². The first kappa shape index (κ1) is 17.2. The van der Waals surface area contributed by atoms with Crippen LogP contribution < -0.4 is 19.5 Å². The summed E-state index contributed by atoms with van der Waals surface area (Å²) < 4.78 is 16.0. The molecule has 0 amide bonds. The summed E-state index contributed by atoms with van der Waals surface area (Å²) in [7, 11) is 5.01. The van der Waals surface area contributed by atoms with Crippen molar-refractivity contribution in [3.8, 4) is 17.2 Å². The fraction of sp³-hybridized carbons (Fsp3) is 0.368. The van der Waals surface area contributed by atoms with Crippen LogP contribution in [-0.4, -0.2) is 27.4 Å². The van der Waals surface area contributed by atoms with Crippen molar-refractivity contribution in [2.45, 2.75) is 25.9 Å². The first-order valence-electron chi connectivity index (χ1n) is 7.74. The van der Waals surface area contributed by atoms with Gasteiger partial charge >= 0.3 is 0 Å². The molecule has 0 bridgehead atoms. The highest BCUT2D eigenvalue weighted by Crippen LogP contribution is 2.28. The van der Waals surface area contributed by atoms with Gasteiger partial charge in [0.1, 0.15) is 5.75 Å². The Balaban J connectivity index is 1.95. The summed E-state index contributed by atoms with van der Waals surface area (Å²) in [5, 5.41) is 3.54. The third-order valence-corrected chi connectivity index (χ3v) is 3.82. The summed E-state index contributed by atoms with van der Waals surface area (Å²) in [6, 6.07) is 14.4. The van der Waals surface area contributed by atoms with Crippen LogP contribution in [-0.2, 0) is 13.0 Å². The maximum atomic E-state index is 5.38. The fourth-order valence-electron chi connectivity index (χ4n) is 2.57. The van der Waals surface area contributed by atoms with Gasteiger partial charge in [-0.25, -0.2) is 0 Å². The maximum absolute atomic E-state index is 5.38. The molecule has 0 aliphatic carbocycles. The number of hydrogen-bond donors (Lipinski definition) is 1. The van der Waals surface area contributed by atoms with Gasteiger partial charge in [0.15, 0.2) is 11.5 Å². The topological polar surface area (TPSA) is 39.7 Å². The monoisotopic (exact) mass is 315 g/mol. The predicted octanol–water partition coefficient (Wildman–Crippen LogP) is 3.43. The van der Waals surface area contributed by atoms with Gasteiger partial charge in [-0.1, -0.05) is 24.3 Å². The van der Waals surface area contributed by atoms with Gasteiger partial charge in [0, 0.05) is 18.2 Å². The van der Waals surface area contributed by atoms with Crippen LogP contribution in [0.2, 0.25) is 0 Å². The van der Waals surface area contributed by atoms with E-state index in [1.165, 1.54) is 5.56 Å². The number of ether oxygens (including phenoxy) is 3. The zero-order valence-corrected chi connectivity index (χ0v) is 14.3. The summed E-state index contributed by atoms with van der Waals surface area (Å²) in [4.78, 5) is 0. The van der Waals surface area contributed by atoms with Crippen LogP contribution in [0.25, 0.3) is 0 Å². The summed E-state index contributed by atoms with van der Waals surface area (Å²) in [5.41, 5.74) is 2.37. The Hall–Kier alpha value is -2.20. The Morgan fingerprint density at radius 2 is 1.57 bits per heavy atom. The van der Waals surface area contributed by atoms with Gasteiger partial charge in [-0.3, -0.25) is 0 Å². The second-order valence-corrected chi connectivity index (χ2v) is 5.49. The molecule has 4 nitrogen and oxygen atoms in total. The van der Waals surface area contributed by atoms with Gasteiger partial charge in [-0.05, 0) is 37.1 Å². The number of methoxy groups -OCH3 is 3. The molecule has 0 heterocycles. The Morgan fingerprint density at radius 3 is 2.26 bits per heavy atom. The first-order chi connectivity index (χ1) is 11.2. The van der Waals surface area contributed by atoms with Crippen molar-refractivity contribution in [2.75, 3.05) is 21.3 Å². The van der Waals surface area contributed by atoms with Crippen molar-refractivity contribution >= 4 is 0 Å². The van der Waals surface area contributed by atoms with Crippen LogP contribution in [0.15, 0.2) is 42.5 Å². The lowest BCUT2D eigenvalue weighted by Gasteiger charge is -2.16. The standard InChI is InChI=1S/C19H25NO3/c1-14(20-13-16-7-5-6-8-17(16)21-2)11-15-9-10-18(22-3)19(12-15)23-4/h5-10,12,14,20H,11,13H2,1-4H3/t14-/m0/s1. The van der Waals surface area contributed by atoms with E-state index in [-0.39, 0.29) is 0 Å². The lowest BCUT2D eigenvalue weighted by Crippen LogP contribution is -2.27. The SMILES string of the molecule is COc1ccccc1CN[C@@H](C)Cc1ccc(OC)c(OC)c1. The smallest absolute Gasteiger partial charge is 0.160 e. The number of rotatable bonds is 8. The Labute approximate surface area is 138 Å². The lowest BCUT2D eigenvalue weighted by atomic mass is 10.1. The highest BCUT2D eigenvalue weighted by Gasteiger charge is 2.09. The van der Waals surface area contributed by atoms with Crippen molar-refractivity contribution in [1.29, 1.82) is 0 Å². The minimum Gasteiger partial charge on any atom is -0.496 e. The van der Waals surface area contributed by atoms with Gasteiger partial charge in [0.2, 0.25) is 0 Å². The molecule has 0 fully saturated rings. The molecule has 0 radical (unpaired) electrons. The fourth-order valence-corrected chi connectivity index (χ4v) is 2.57. The summed E-state index contributed by atoms with van der Waals surface area (Å²) >= 11 is 0. The minimum absolute atomic E-state index is 0.331. The minimum atomic E-state index is 0.331. The van der Waals surface area contributed by atoms with Crippen molar-refractivity contribution in [3.63, 3.8) is 0 Å². The van der Waals surface area contributed by atoms with Crippen molar-refractivity contribution in [1.82, 2.24) is 5.32 Å². The molecule has 2 aromatic carbocycles. The molecule has 2 aromatic rings. The molecule has 0 aliphatic heterocycles. The van der Waals surface area contributed by atoms with Crippen molar-refractivity contribution < 1.29 is 14.2 Å². The van der Waals surface area contributed by atoms with Crippen LogP contribution in [0.4, 0.5) is 0 Å². The van der Waals surface area contributed by atoms with E-state index in [4.69, 9.17) is 14.2 Å². The van der Waals surface area contributed by atoms with Crippen LogP contribution in [0.3, 0.4) is 0 Å². The zero-order valence-electron chi connectivity index (χ0n) is 14.3. The first-order valence-corrected chi connectivity index (χ1v) is 7.74. The summed E-state index contributed by atoms with van der Waals surface area (Å²) in [6.07, 6.45) is 0.912. The van der Waals surface area contributed by atoms with Crippen molar-refractivity contribution in [2.24, 2.45) is 0 Å². The number of hydrogen-bond acceptors (Lipinski definition) is 4. The van der Waals surface area contributed by atoms with E-state index in [9.17, 15) is 0 Å². The van der Waals surface area contributed by atoms with E-state index in [1.54, 1.807) is 21.3 Å². The average Bonchev–Trinajstić information content (AvgIpc) is 2.60. The van der Waals surface area contributed by atoms with Crippen LogP contribution in [0.1, 0.15) is 18.1 Å². The summed E-state index contributed by atoms with van der Waals surface area (Å²) in [5.74, 6) is 2.44. The Kier molecular flexibility index (Phi) is 6.29. The van der Waals surface area contributed by atoms with Gasteiger partial charge < -0.3 is 19.5 Å². The summed E-state index contributed by atoms with van der Waals surface area (Å²) in [6.45, 7) is 2.95. The number of benzene rings is 2. The Bertz CT molecular complexity index is 628. The molecule has 124 valence electrons. The van der Waals surface area contributed by atoms with Crippen molar-refractivity contribution in [3.05, 3.63) is 53.6 Å². The van der Waals surface area contributed by atoms with Gasteiger partial charge in [0.05, 0.1) is 21.3 Å². The third-order valence-electron chi connectivity index (χ3n) is 3.82. The van der Waals surface area contributed by atoms with Gasteiger partial charge in [-0.15, -0.1) is 0 Å². The molecule has 0 unspecified atom stereocenters. The van der Waals surface area contributed by atoms with E-state index in [0.717, 1.165) is 35.8 Å². The third kappa shape index (κ3) is 4.63. The Morgan fingerprint density at radius 1 is 0.870 bits per heavy atom. The van der Waals surface area contributed by atoms with E-state index >= 15 is 0 Å². The highest BCUT2D eigenvalue weighted by atomic mass is 16.5. The molecule has 0 spiro atoms. The lowest BCUT2D eigenvalue weighted by molar-refractivity contribution is 0.354. The molecular weight excluding hydrogens is 290 g/mol. The second-order valence-electron chi connectivity index (χ2n) is 5.49. The van der Waals surface area contributed by atoms with E-state index < -0.39 is 0 Å². The molecule has 1 atom stereocenters. The number of nitrogens with one attached hydrogen (secondary N) is 1. The predicted molar refractivity (Wildman–Crippen MR) is 92.5 cm³/mol. The maximum Gasteiger partial charge on any atom is 0.160 e. The van der Waals surface area contributed by atoms with E-state index in [1.807, 2.05) is 30.3 Å². The molecule has 23 heavy (non-hydrogen) atoms. The van der Waals surface area contributed by atoms with Crippen LogP contribution in [0, 0.1) is 0 Å². The molecular formula is C19H25NO3. The largest absolute Gasteiger partial charge is 0.496 e. The molecule has 0 saturated heterocycles.